The van der Waals surface area contributed by atoms with E-state index >= 15 is 0 Å². The zero-order valence-electron chi connectivity index (χ0n) is 15.6. The van der Waals surface area contributed by atoms with E-state index in [1.165, 1.54) is 0 Å². The van der Waals surface area contributed by atoms with Crippen molar-refractivity contribution in [3.8, 4) is 0 Å². The first-order chi connectivity index (χ1) is 13.8. The van der Waals surface area contributed by atoms with Crippen molar-refractivity contribution in [1.29, 1.82) is 0 Å². The van der Waals surface area contributed by atoms with Crippen LogP contribution in [-0.4, -0.2) is 12.8 Å². The molecule has 0 bridgehead atoms. The van der Waals surface area contributed by atoms with E-state index < -0.39 is 0 Å². The fourth-order valence-electron chi connectivity index (χ4n) is 3.36. The summed E-state index contributed by atoms with van der Waals surface area (Å²) >= 11 is 0. The minimum atomic E-state index is -0.0571. The van der Waals surface area contributed by atoms with Gasteiger partial charge in [0.2, 0.25) is 12.8 Å². The maximum absolute atomic E-state index is 11.0. The maximum Gasteiger partial charge on any atom is 0.207 e. The van der Waals surface area contributed by atoms with Crippen LogP contribution in [0.15, 0.2) is 84.9 Å². The Morgan fingerprint density at radius 1 is 0.571 bits per heavy atom. The van der Waals surface area contributed by atoms with Crippen LogP contribution in [0.3, 0.4) is 0 Å². The summed E-state index contributed by atoms with van der Waals surface area (Å²) in [4.78, 5) is 22.0. The summed E-state index contributed by atoms with van der Waals surface area (Å²) in [6.07, 6.45) is 2.94. The van der Waals surface area contributed by atoms with Gasteiger partial charge in [0.25, 0.3) is 0 Å². The number of benzene rings is 3. The number of rotatable bonds is 10. The minimum Gasteiger partial charge on any atom is -0.352 e. The molecular weight excluding hydrogens is 348 g/mol. The van der Waals surface area contributed by atoms with Gasteiger partial charge in [0, 0.05) is 0 Å². The van der Waals surface area contributed by atoms with Crippen molar-refractivity contribution in [2.45, 2.75) is 24.9 Å². The molecule has 2 atom stereocenters. The summed E-state index contributed by atoms with van der Waals surface area (Å²) < 4.78 is 0. The number of amides is 2. The molecule has 0 saturated heterocycles. The Morgan fingerprint density at radius 3 is 1.25 bits per heavy atom. The summed E-state index contributed by atoms with van der Waals surface area (Å²) in [7, 11) is 0. The molecule has 0 fully saturated rings. The average Bonchev–Trinajstić information content (AvgIpc) is 2.75. The van der Waals surface area contributed by atoms with Crippen LogP contribution < -0.4 is 10.6 Å². The van der Waals surface area contributed by atoms with Gasteiger partial charge in [-0.3, -0.25) is 9.59 Å². The summed E-state index contributed by atoms with van der Waals surface area (Å²) in [5.74, 6) is 0. The highest BCUT2D eigenvalue weighted by atomic mass is 16.1. The Labute approximate surface area is 165 Å². The molecule has 4 heteroatoms. The Balaban J connectivity index is 1.70. The highest BCUT2D eigenvalue weighted by molar-refractivity contribution is 5.49. The second-order valence-corrected chi connectivity index (χ2v) is 6.72. The molecule has 0 radical (unpaired) electrons. The third-order valence-corrected chi connectivity index (χ3v) is 4.84. The maximum atomic E-state index is 11.0. The number of nitrogens with one attached hydrogen (secondary N) is 2. The predicted octanol–water partition coefficient (Wildman–Crippen LogP) is 3.75. The molecule has 142 valence electrons. The van der Waals surface area contributed by atoms with Crippen molar-refractivity contribution in [3.05, 3.63) is 107 Å². The Morgan fingerprint density at radius 2 is 0.929 bits per heavy atom. The van der Waals surface area contributed by atoms with Gasteiger partial charge < -0.3 is 10.6 Å². The Hall–Kier alpha value is -3.40. The molecule has 0 aliphatic rings. The topological polar surface area (TPSA) is 58.2 Å². The van der Waals surface area contributed by atoms with Gasteiger partial charge >= 0.3 is 0 Å². The van der Waals surface area contributed by atoms with Crippen molar-refractivity contribution >= 4 is 12.8 Å². The molecule has 0 aliphatic heterocycles. The Kier molecular flexibility index (Phi) is 6.96. The lowest BCUT2D eigenvalue weighted by atomic mass is 9.95. The molecule has 28 heavy (non-hydrogen) atoms. The van der Waals surface area contributed by atoms with E-state index in [0.717, 1.165) is 47.9 Å². The van der Waals surface area contributed by atoms with Crippen LogP contribution in [0.2, 0.25) is 0 Å². The monoisotopic (exact) mass is 372 g/mol. The second kappa shape index (κ2) is 10.1. The summed E-state index contributed by atoms with van der Waals surface area (Å²) in [5.41, 5.74) is 4.45. The van der Waals surface area contributed by atoms with Crippen LogP contribution in [0.25, 0.3) is 0 Å². The minimum absolute atomic E-state index is 0.0571. The first kappa shape index (κ1) is 19.4. The molecule has 3 rings (SSSR count). The standard InChI is InChI=1S/C24H24N2O2/c27-17-25-23(21-7-3-1-4-8-21)15-19-11-13-20(14-12-19)16-24(26-18-28)22-9-5-2-6-10-22/h1-14,17-18,23-24H,15-16H2,(H,25,27)(H,26,28). The van der Waals surface area contributed by atoms with Gasteiger partial charge in [-0.1, -0.05) is 84.9 Å². The van der Waals surface area contributed by atoms with E-state index in [9.17, 15) is 9.59 Å². The molecule has 0 aliphatic carbocycles. The zero-order chi connectivity index (χ0) is 19.6. The summed E-state index contributed by atoms with van der Waals surface area (Å²) in [6, 6.07) is 28.1. The largest absolute Gasteiger partial charge is 0.352 e. The van der Waals surface area contributed by atoms with Crippen LogP contribution in [0.4, 0.5) is 0 Å². The van der Waals surface area contributed by atoms with Crippen LogP contribution in [0.1, 0.15) is 34.3 Å². The first-order valence-electron chi connectivity index (χ1n) is 9.37. The fraction of sp³-hybridized carbons (Fsp3) is 0.167. The molecule has 4 nitrogen and oxygen atoms in total. The van der Waals surface area contributed by atoms with E-state index in [1.807, 2.05) is 60.7 Å². The molecule has 2 amide bonds. The third-order valence-electron chi connectivity index (χ3n) is 4.84. The first-order valence-corrected chi connectivity index (χ1v) is 9.37. The predicted molar refractivity (Wildman–Crippen MR) is 111 cm³/mol. The van der Waals surface area contributed by atoms with Crippen molar-refractivity contribution in [1.82, 2.24) is 10.6 Å². The van der Waals surface area contributed by atoms with Gasteiger partial charge in [-0.15, -0.1) is 0 Å². The van der Waals surface area contributed by atoms with Crippen molar-refractivity contribution in [2.24, 2.45) is 0 Å². The van der Waals surface area contributed by atoms with Gasteiger partial charge in [0.15, 0.2) is 0 Å². The molecule has 2 unspecified atom stereocenters. The van der Waals surface area contributed by atoms with Gasteiger partial charge in [-0.2, -0.15) is 0 Å². The number of carbonyl (C=O) groups is 2. The van der Waals surface area contributed by atoms with Crippen molar-refractivity contribution < 1.29 is 9.59 Å². The van der Waals surface area contributed by atoms with Crippen molar-refractivity contribution in [3.63, 3.8) is 0 Å². The van der Waals surface area contributed by atoms with E-state index in [2.05, 4.69) is 34.9 Å². The van der Waals surface area contributed by atoms with Crippen LogP contribution >= 0.6 is 0 Å². The number of hydrogen-bond donors (Lipinski definition) is 2. The highest BCUT2D eigenvalue weighted by Gasteiger charge is 2.13. The second-order valence-electron chi connectivity index (χ2n) is 6.72. The summed E-state index contributed by atoms with van der Waals surface area (Å²) in [5, 5.41) is 5.81. The van der Waals surface area contributed by atoms with E-state index in [4.69, 9.17) is 0 Å². The van der Waals surface area contributed by atoms with Gasteiger partial charge in [-0.05, 0) is 35.1 Å². The molecule has 0 spiro atoms. The average molecular weight is 372 g/mol. The van der Waals surface area contributed by atoms with Crippen LogP contribution in [0, 0.1) is 0 Å². The molecule has 0 heterocycles. The lowest BCUT2D eigenvalue weighted by Gasteiger charge is -2.18. The molecule has 0 saturated carbocycles. The van der Waals surface area contributed by atoms with Crippen LogP contribution in [0.5, 0.6) is 0 Å². The number of carbonyl (C=O) groups excluding carboxylic acids is 2. The van der Waals surface area contributed by atoms with Gasteiger partial charge in [0.1, 0.15) is 0 Å². The normalized spacial score (nSPS) is 12.6. The third kappa shape index (κ3) is 5.30. The lowest BCUT2D eigenvalue weighted by Crippen LogP contribution is -2.22. The molecule has 3 aromatic rings. The summed E-state index contributed by atoms with van der Waals surface area (Å²) in [6.45, 7) is 0. The van der Waals surface area contributed by atoms with Crippen LogP contribution in [-0.2, 0) is 22.4 Å². The smallest absolute Gasteiger partial charge is 0.207 e. The molecule has 2 N–H and O–H groups in total. The van der Waals surface area contributed by atoms with E-state index in [-0.39, 0.29) is 12.1 Å². The number of hydrogen-bond acceptors (Lipinski definition) is 2. The highest BCUT2D eigenvalue weighted by Crippen LogP contribution is 2.21. The fourth-order valence-corrected chi connectivity index (χ4v) is 3.36. The molecule has 0 aromatic heterocycles. The van der Waals surface area contributed by atoms with E-state index in [0.29, 0.717) is 0 Å². The van der Waals surface area contributed by atoms with Gasteiger partial charge in [-0.25, -0.2) is 0 Å². The molecular formula is C24H24N2O2. The van der Waals surface area contributed by atoms with Gasteiger partial charge in [0.05, 0.1) is 12.1 Å². The molecule has 3 aromatic carbocycles. The quantitative estimate of drug-likeness (QED) is 0.533. The zero-order valence-corrected chi connectivity index (χ0v) is 15.6. The Bertz CT molecular complexity index is 790. The van der Waals surface area contributed by atoms with E-state index in [1.54, 1.807) is 0 Å². The lowest BCUT2D eigenvalue weighted by molar-refractivity contribution is -0.111. The van der Waals surface area contributed by atoms with Crippen molar-refractivity contribution in [2.75, 3.05) is 0 Å². The SMILES string of the molecule is O=CNC(Cc1ccc(CC(NC=O)c2ccccc2)cc1)c1ccccc1.